The molecule has 98 valence electrons. The van der Waals surface area contributed by atoms with Crippen molar-refractivity contribution in [1.82, 2.24) is 5.32 Å². The standard InChI is InChI=1S/C13H22BrNO2/c1-2-13(17,10-14)12(16)15-11-8-6-4-3-5-7-9-11/h2,11,17H,1,3-10H2,(H,15,16). The minimum atomic E-state index is -1.48. The average molecular weight is 304 g/mol. The molecule has 1 saturated carbocycles. The van der Waals surface area contributed by atoms with Crippen LogP contribution in [0.25, 0.3) is 0 Å². The SMILES string of the molecule is C=CC(O)(CBr)C(=O)NC1CCCCCCC1. The molecule has 1 unspecified atom stereocenters. The van der Waals surface area contributed by atoms with Crippen LogP contribution in [0.5, 0.6) is 0 Å². The van der Waals surface area contributed by atoms with Crippen molar-refractivity contribution in [3.05, 3.63) is 12.7 Å². The molecule has 1 atom stereocenters. The first-order valence-corrected chi connectivity index (χ1v) is 7.47. The van der Waals surface area contributed by atoms with Gasteiger partial charge in [-0.2, -0.15) is 0 Å². The van der Waals surface area contributed by atoms with E-state index in [-0.39, 0.29) is 17.3 Å². The van der Waals surface area contributed by atoms with Gasteiger partial charge in [-0.05, 0) is 12.8 Å². The highest BCUT2D eigenvalue weighted by Gasteiger charge is 2.32. The fourth-order valence-electron chi connectivity index (χ4n) is 2.12. The lowest BCUT2D eigenvalue weighted by molar-refractivity contribution is -0.134. The van der Waals surface area contributed by atoms with E-state index in [0.29, 0.717) is 0 Å². The Bertz CT molecular complexity index is 262. The highest BCUT2D eigenvalue weighted by atomic mass is 79.9. The third kappa shape index (κ3) is 4.43. The second kappa shape index (κ2) is 7.17. The second-order valence-electron chi connectivity index (χ2n) is 4.78. The van der Waals surface area contributed by atoms with Gasteiger partial charge in [-0.3, -0.25) is 4.79 Å². The van der Waals surface area contributed by atoms with Crippen LogP contribution in [0.4, 0.5) is 0 Å². The van der Waals surface area contributed by atoms with Crippen LogP contribution in [-0.2, 0) is 4.79 Å². The van der Waals surface area contributed by atoms with E-state index in [9.17, 15) is 9.90 Å². The van der Waals surface area contributed by atoms with Crippen molar-refractivity contribution in [2.45, 2.75) is 56.6 Å². The van der Waals surface area contributed by atoms with Crippen LogP contribution in [0.1, 0.15) is 44.9 Å². The Kier molecular flexibility index (Phi) is 6.20. The van der Waals surface area contributed by atoms with Crippen molar-refractivity contribution >= 4 is 21.8 Å². The number of amides is 1. The number of halogens is 1. The lowest BCUT2D eigenvalue weighted by atomic mass is 9.96. The zero-order valence-corrected chi connectivity index (χ0v) is 11.8. The Balaban J connectivity index is 2.50. The molecule has 1 amide bonds. The zero-order valence-electron chi connectivity index (χ0n) is 10.3. The molecule has 0 aromatic carbocycles. The van der Waals surface area contributed by atoms with Crippen LogP contribution in [-0.4, -0.2) is 28.0 Å². The van der Waals surface area contributed by atoms with E-state index in [0.717, 1.165) is 25.7 Å². The molecule has 1 aliphatic carbocycles. The fraction of sp³-hybridized carbons (Fsp3) is 0.769. The maximum atomic E-state index is 11.9. The molecule has 0 bridgehead atoms. The van der Waals surface area contributed by atoms with Crippen molar-refractivity contribution < 1.29 is 9.90 Å². The summed E-state index contributed by atoms with van der Waals surface area (Å²) in [6, 6.07) is 0.202. The summed E-state index contributed by atoms with van der Waals surface area (Å²) in [5.41, 5.74) is -1.48. The number of carbonyl (C=O) groups is 1. The lowest BCUT2D eigenvalue weighted by Gasteiger charge is -2.26. The summed E-state index contributed by atoms with van der Waals surface area (Å²) in [4.78, 5) is 11.9. The van der Waals surface area contributed by atoms with Crippen LogP contribution in [0.3, 0.4) is 0 Å². The summed E-state index contributed by atoms with van der Waals surface area (Å²) < 4.78 is 0. The maximum Gasteiger partial charge on any atom is 0.257 e. The summed E-state index contributed by atoms with van der Waals surface area (Å²) >= 11 is 3.14. The predicted molar refractivity (Wildman–Crippen MR) is 73.2 cm³/mol. The van der Waals surface area contributed by atoms with Gasteiger partial charge >= 0.3 is 0 Å². The molecule has 0 aliphatic heterocycles. The molecule has 1 fully saturated rings. The quantitative estimate of drug-likeness (QED) is 0.619. The number of carbonyl (C=O) groups excluding carboxylic acids is 1. The maximum absolute atomic E-state index is 11.9. The average Bonchev–Trinajstić information content (AvgIpc) is 2.31. The number of hydrogen-bond acceptors (Lipinski definition) is 2. The third-order valence-corrected chi connectivity index (χ3v) is 4.23. The summed E-state index contributed by atoms with van der Waals surface area (Å²) in [5.74, 6) is -0.338. The second-order valence-corrected chi connectivity index (χ2v) is 5.34. The molecule has 3 nitrogen and oxygen atoms in total. The van der Waals surface area contributed by atoms with Gasteiger partial charge < -0.3 is 10.4 Å². The van der Waals surface area contributed by atoms with Gasteiger partial charge in [0.1, 0.15) is 0 Å². The number of hydrogen-bond donors (Lipinski definition) is 2. The van der Waals surface area contributed by atoms with E-state index >= 15 is 0 Å². The van der Waals surface area contributed by atoms with E-state index in [1.54, 1.807) is 0 Å². The van der Waals surface area contributed by atoms with Crippen molar-refractivity contribution in [3.63, 3.8) is 0 Å². The van der Waals surface area contributed by atoms with Crippen molar-refractivity contribution in [3.8, 4) is 0 Å². The van der Waals surface area contributed by atoms with E-state index < -0.39 is 5.60 Å². The van der Waals surface area contributed by atoms with Gasteiger partial charge in [0, 0.05) is 11.4 Å². The van der Waals surface area contributed by atoms with Crippen molar-refractivity contribution in [2.75, 3.05) is 5.33 Å². The Morgan fingerprint density at radius 2 is 1.88 bits per heavy atom. The molecular formula is C13H22BrNO2. The Morgan fingerprint density at radius 1 is 1.35 bits per heavy atom. The highest BCUT2D eigenvalue weighted by molar-refractivity contribution is 9.09. The molecular weight excluding hydrogens is 282 g/mol. The molecule has 0 saturated heterocycles. The first kappa shape index (κ1) is 14.7. The topological polar surface area (TPSA) is 49.3 Å². The van der Waals surface area contributed by atoms with Gasteiger partial charge in [0.05, 0.1) is 0 Å². The molecule has 1 rings (SSSR count). The van der Waals surface area contributed by atoms with Crippen LogP contribution in [0, 0.1) is 0 Å². The monoisotopic (exact) mass is 303 g/mol. The van der Waals surface area contributed by atoms with Gasteiger partial charge in [0.25, 0.3) is 5.91 Å². The molecule has 4 heteroatoms. The number of alkyl halides is 1. The molecule has 0 aromatic rings. The zero-order chi connectivity index (χ0) is 12.7. The Hall–Kier alpha value is -0.350. The normalized spacial score (nSPS) is 22.0. The van der Waals surface area contributed by atoms with Crippen molar-refractivity contribution in [1.29, 1.82) is 0 Å². The lowest BCUT2D eigenvalue weighted by Crippen LogP contribution is -2.50. The first-order chi connectivity index (χ1) is 8.12. The van der Waals surface area contributed by atoms with E-state index in [1.807, 2.05) is 0 Å². The number of rotatable bonds is 4. The third-order valence-electron chi connectivity index (χ3n) is 3.38. The molecule has 0 radical (unpaired) electrons. The summed E-state index contributed by atoms with van der Waals surface area (Å²) in [7, 11) is 0. The number of aliphatic hydroxyl groups is 1. The van der Waals surface area contributed by atoms with Crippen LogP contribution < -0.4 is 5.32 Å². The van der Waals surface area contributed by atoms with Gasteiger partial charge in [-0.25, -0.2) is 0 Å². The minimum absolute atomic E-state index is 0.183. The molecule has 2 N–H and O–H groups in total. The van der Waals surface area contributed by atoms with Gasteiger partial charge in [0.2, 0.25) is 0 Å². The fourth-order valence-corrected chi connectivity index (χ4v) is 2.60. The van der Waals surface area contributed by atoms with Gasteiger partial charge in [-0.15, -0.1) is 0 Å². The molecule has 0 aromatic heterocycles. The molecule has 1 aliphatic rings. The van der Waals surface area contributed by atoms with Crippen LogP contribution >= 0.6 is 15.9 Å². The first-order valence-electron chi connectivity index (χ1n) is 6.35. The predicted octanol–water partition coefficient (Wildman–Crippen LogP) is 2.53. The summed E-state index contributed by atoms with van der Waals surface area (Å²) in [6.45, 7) is 3.51. The van der Waals surface area contributed by atoms with E-state index in [4.69, 9.17) is 0 Å². The number of nitrogens with one attached hydrogen (secondary N) is 1. The minimum Gasteiger partial charge on any atom is -0.375 e. The molecule has 0 heterocycles. The Labute approximate surface area is 112 Å². The Morgan fingerprint density at radius 3 is 2.35 bits per heavy atom. The van der Waals surface area contributed by atoms with Gasteiger partial charge in [-0.1, -0.05) is 60.7 Å². The molecule has 0 spiro atoms. The summed E-state index contributed by atoms with van der Waals surface area (Å²) in [6.07, 6.45) is 9.44. The van der Waals surface area contributed by atoms with Crippen LogP contribution in [0.2, 0.25) is 0 Å². The van der Waals surface area contributed by atoms with Crippen molar-refractivity contribution in [2.24, 2.45) is 0 Å². The smallest absolute Gasteiger partial charge is 0.257 e. The largest absolute Gasteiger partial charge is 0.375 e. The summed E-state index contributed by atoms with van der Waals surface area (Å²) in [5, 5.41) is 13.1. The van der Waals surface area contributed by atoms with Gasteiger partial charge in [0.15, 0.2) is 5.60 Å². The van der Waals surface area contributed by atoms with Crippen LogP contribution in [0.15, 0.2) is 12.7 Å². The van der Waals surface area contributed by atoms with E-state index in [1.165, 1.54) is 25.3 Å². The molecule has 17 heavy (non-hydrogen) atoms. The highest BCUT2D eigenvalue weighted by Crippen LogP contribution is 2.18. The van der Waals surface area contributed by atoms with E-state index in [2.05, 4.69) is 27.8 Å².